The van der Waals surface area contributed by atoms with Gasteiger partial charge in [0.15, 0.2) is 0 Å². The number of hydrogen-bond donors (Lipinski definition) is 1. The van der Waals surface area contributed by atoms with E-state index in [1.165, 1.54) is 12.1 Å². The first kappa shape index (κ1) is 13.7. The van der Waals surface area contributed by atoms with Crippen LogP contribution < -0.4 is 5.32 Å². The fraction of sp³-hybridized carbons (Fsp3) is 0.143. The van der Waals surface area contributed by atoms with E-state index in [0.717, 1.165) is 5.69 Å². The minimum Gasteiger partial charge on any atom is -0.320 e. The molecule has 0 aliphatic heterocycles. The van der Waals surface area contributed by atoms with Crippen LogP contribution in [0.4, 0.5) is 11.4 Å². The normalized spacial score (nSPS) is 10.1. The summed E-state index contributed by atoms with van der Waals surface area (Å²) in [6, 6.07) is 9.66. The number of hydrogen-bond acceptors (Lipinski definition) is 4. The second-order valence-corrected chi connectivity index (χ2v) is 4.33. The molecule has 0 saturated carbocycles. The predicted molar refractivity (Wildman–Crippen MR) is 74.8 cm³/mol. The first-order valence-electron chi connectivity index (χ1n) is 5.98. The van der Waals surface area contributed by atoms with Crippen LogP contribution in [0.3, 0.4) is 0 Å². The van der Waals surface area contributed by atoms with Gasteiger partial charge in [0.2, 0.25) is 0 Å². The Kier molecular flexibility index (Phi) is 3.74. The van der Waals surface area contributed by atoms with Crippen LogP contribution in [0.15, 0.2) is 36.4 Å². The number of nitro benzene ring substituents is 1. The third-order valence-corrected chi connectivity index (χ3v) is 2.87. The maximum atomic E-state index is 12.1. The number of pyridine rings is 1. The van der Waals surface area contributed by atoms with Gasteiger partial charge in [0, 0.05) is 11.8 Å². The summed E-state index contributed by atoms with van der Waals surface area (Å²) in [6.07, 6.45) is 0. The molecule has 1 aromatic carbocycles. The molecular weight excluding hydrogens is 258 g/mol. The van der Waals surface area contributed by atoms with Crippen molar-refractivity contribution in [2.45, 2.75) is 13.8 Å². The molecule has 2 rings (SSSR count). The van der Waals surface area contributed by atoms with Crippen molar-refractivity contribution in [3.05, 3.63) is 63.5 Å². The maximum absolute atomic E-state index is 12.1. The quantitative estimate of drug-likeness (QED) is 0.687. The zero-order chi connectivity index (χ0) is 14.7. The number of anilines is 1. The van der Waals surface area contributed by atoms with Gasteiger partial charge in [-0.1, -0.05) is 12.1 Å². The third-order valence-electron chi connectivity index (χ3n) is 2.87. The fourth-order valence-electron chi connectivity index (χ4n) is 1.81. The summed E-state index contributed by atoms with van der Waals surface area (Å²) in [6.45, 7) is 3.38. The van der Waals surface area contributed by atoms with E-state index in [2.05, 4.69) is 10.3 Å². The van der Waals surface area contributed by atoms with E-state index < -0.39 is 10.8 Å². The summed E-state index contributed by atoms with van der Waals surface area (Å²) >= 11 is 0. The average molecular weight is 271 g/mol. The van der Waals surface area contributed by atoms with Gasteiger partial charge in [0.25, 0.3) is 11.6 Å². The topological polar surface area (TPSA) is 85.1 Å². The van der Waals surface area contributed by atoms with Crippen LogP contribution in [0, 0.1) is 24.0 Å². The lowest BCUT2D eigenvalue weighted by atomic mass is 10.1. The number of benzene rings is 1. The number of nitrogens with zero attached hydrogens (tertiary/aromatic N) is 2. The van der Waals surface area contributed by atoms with Crippen LogP contribution in [0.2, 0.25) is 0 Å². The molecule has 102 valence electrons. The molecule has 0 unspecified atom stereocenters. The van der Waals surface area contributed by atoms with Gasteiger partial charge in [0.1, 0.15) is 5.69 Å². The summed E-state index contributed by atoms with van der Waals surface area (Å²) in [5, 5.41) is 13.5. The highest BCUT2D eigenvalue weighted by molar-refractivity contribution is 6.03. The lowest BCUT2D eigenvalue weighted by Crippen LogP contribution is -2.15. The number of rotatable bonds is 3. The van der Waals surface area contributed by atoms with E-state index >= 15 is 0 Å². The van der Waals surface area contributed by atoms with E-state index in [0.29, 0.717) is 11.3 Å². The summed E-state index contributed by atoms with van der Waals surface area (Å²) < 4.78 is 0. The summed E-state index contributed by atoms with van der Waals surface area (Å²) in [5.74, 6) is -0.391. The Hall–Kier alpha value is -2.76. The van der Waals surface area contributed by atoms with Gasteiger partial charge in [-0.05, 0) is 32.0 Å². The lowest BCUT2D eigenvalue weighted by Gasteiger charge is -2.08. The minimum atomic E-state index is -0.476. The van der Waals surface area contributed by atoms with Gasteiger partial charge in [-0.15, -0.1) is 0 Å². The van der Waals surface area contributed by atoms with E-state index in [9.17, 15) is 14.9 Å². The molecule has 0 radical (unpaired) electrons. The highest BCUT2D eigenvalue weighted by atomic mass is 16.6. The van der Waals surface area contributed by atoms with Crippen LogP contribution in [0.5, 0.6) is 0 Å². The number of nitrogens with one attached hydrogen (secondary N) is 1. The average Bonchev–Trinajstić information content (AvgIpc) is 2.40. The van der Waals surface area contributed by atoms with E-state index in [4.69, 9.17) is 0 Å². The molecule has 0 saturated heterocycles. The standard InChI is InChI=1S/C14H13N3O3/c1-9-5-3-7-12(15-9)14(18)16-11-6-4-8-13(10(11)2)17(19)20/h3-8H,1-2H3,(H,16,18). The smallest absolute Gasteiger partial charge is 0.274 e. The largest absolute Gasteiger partial charge is 0.320 e. The first-order chi connectivity index (χ1) is 9.49. The van der Waals surface area contributed by atoms with Crippen molar-refractivity contribution in [2.75, 3.05) is 5.32 Å². The molecule has 0 fully saturated rings. The molecule has 0 aliphatic rings. The first-order valence-corrected chi connectivity index (χ1v) is 5.98. The zero-order valence-corrected chi connectivity index (χ0v) is 11.1. The molecule has 6 nitrogen and oxygen atoms in total. The van der Waals surface area contributed by atoms with E-state index in [1.807, 2.05) is 0 Å². The van der Waals surface area contributed by atoms with Crippen LogP contribution in [0.25, 0.3) is 0 Å². The fourth-order valence-corrected chi connectivity index (χ4v) is 1.81. The summed E-state index contributed by atoms with van der Waals surface area (Å²) in [7, 11) is 0. The second-order valence-electron chi connectivity index (χ2n) is 4.33. The molecule has 0 bridgehead atoms. The van der Waals surface area contributed by atoms with Crippen molar-refractivity contribution in [1.29, 1.82) is 0 Å². The number of carbonyl (C=O) groups excluding carboxylic acids is 1. The number of carbonyl (C=O) groups is 1. The van der Waals surface area contributed by atoms with Crippen LogP contribution in [0.1, 0.15) is 21.7 Å². The Morgan fingerprint density at radius 3 is 2.55 bits per heavy atom. The molecule has 1 aromatic heterocycles. The van der Waals surface area contributed by atoms with Gasteiger partial charge in [-0.2, -0.15) is 0 Å². The van der Waals surface area contributed by atoms with Gasteiger partial charge >= 0.3 is 0 Å². The van der Waals surface area contributed by atoms with Gasteiger partial charge in [-0.3, -0.25) is 14.9 Å². The highest BCUT2D eigenvalue weighted by Crippen LogP contribution is 2.25. The van der Waals surface area contributed by atoms with Crippen molar-refractivity contribution >= 4 is 17.3 Å². The highest BCUT2D eigenvalue weighted by Gasteiger charge is 2.15. The molecule has 2 aromatic rings. The monoisotopic (exact) mass is 271 g/mol. The van der Waals surface area contributed by atoms with Crippen molar-refractivity contribution in [3.63, 3.8) is 0 Å². The third kappa shape index (κ3) is 2.80. The van der Waals surface area contributed by atoms with Gasteiger partial charge < -0.3 is 5.32 Å². The van der Waals surface area contributed by atoms with Gasteiger partial charge in [-0.25, -0.2) is 4.98 Å². The van der Waals surface area contributed by atoms with Crippen molar-refractivity contribution < 1.29 is 9.72 Å². The number of nitro groups is 1. The Morgan fingerprint density at radius 1 is 1.20 bits per heavy atom. The van der Waals surface area contributed by atoms with Crippen molar-refractivity contribution in [1.82, 2.24) is 4.98 Å². The number of amides is 1. The maximum Gasteiger partial charge on any atom is 0.274 e. The van der Waals surface area contributed by atoms with Crippen LogP contribution in [-0.2, 0) is 0 Å². The Balaban J connectivity index is 2.29. The minimum absolute atomic E-state index is 0.0278. The Morgan fingerprint density at radius 2 is 1.90 bits per heavy atom. The van der Waals surface area contributed by atoms with Crippen LogP contribution >= 0.6 is 0 Å². The van der Waals surface area contributed by atoms with E-state index in [1.54, 1.807) is 38.1 Å². The molecule has 6 heteroatoms. The summed E-state index contributed by atoms with van der Waals surface area (Å²) in [5.41, 5.74) is 1.80. The number of aryl methyl sites for hydroxylation is 1. The molecule has 0 aliphatic carbocycles. The van der Waals surface area contributed by atoms with E-state index in [-0.39, 0.29) is 11.4 Å². The predicted octanol–water partition coefficient (Wildman–Crippen LogP) is 2.86. The lowest BCUT2D eigenvalue weighted by molar-refractivity contribution is -0.385. The Labute approximate surface area is 115 Å². The molecular formula is C14H13N3O3. The molecule has 0 atom stereocenters. The Bertz CT molecular complexity index is 683. The molecule has 1 N–H and O–H groups in total. The van der Waals surface area contributed by atoms with Crippen molar-refractivity contribution in [3.8, 4) is 0 Å². The number of aromatic nitrogens is 1. The molecule has 20 heavy (non-hydrogen) atoms. The molecule has 1 amide bonds. The zero-order valence-electron chi connectivity index (χ0n) is 11.1. The molecule has 1 heterocycles. The SMILES string of the molecule is Cc1cccc(C(=O)Nc2cccc([N+](=O)[O-])c2C)n1. The van der Waals surface area contributed by atoms with Crippen LogP contribution in [-0.4, -0.2) is 15.8 Å². The summed E-state index contributed by atoms with van der Waals surface area (Å²) in [4.78, 5) is 26.5. The second kappa shape index (κ2) is 5.48. The van der Waals surface area contributed by atoms with Gasteiger partial charge in [0.05, 0.1) is 16.2 Å². The molecule has 0 spiro atoms. The van der Waals surface area contributed by atoms with Crippen molar-refractivity contribution in [2.24, 2.45) is 0 Å².